The van der Waals surface area contributed by atoms with Gasteiger partial charge in [0.25, 0.3) is 0 Å². The van der Waals surface area contributed by atoms with Crippen molar-refractivity contribution in [2.75, 3.05) is 23.9 Å². The molecule has 0 radical (unpaired) electrons. The van der Waals surface area contributed by atoms with Crippen LogP contribution in [-0.2, 0) is 15.1 Å². The van der Waals surface area contributed by atoms with Crippen LogP contribution in [0.25, 0.3) is 11.3 Å². The number of anilines is 2. The Labute approximate surface area is 175 Å². The highest BCUT2D eigenvalue weighted by Gasteiger charge is 2.35. The molecule has 0 aromatic carbocycles. The Kier molecular flexibility index (Phi) is 5.33. The predicted octanol–water partition coefficient (Wildman–Crippen LogP) is 1.72. The molecule has 1 aliphatic carbocycles. The first-order valence-corrected chi connectivity index (χ1v) is 10.2. The fraction of sp³-hybridized carbons (Fsp3) is 0.524. The lowest BCUT2D eigenvalue weighted by atomic mass is 9.91. The summed E-state index contributed by atoms with van der Waals surface area (Å²) in [4.78, 5) is 23.7. The van der Waals surface area contributed by atoms with E-state index in [2.05, 4.69) is 10.3 Å². The lowest BCUT2D eigenvalue weighted by Crippen LogP contribution is -2.49. The summed E-state index contributed by atoms with van der Waals surface area (Å²) in [7, 11) is 1.72. The van der Waals surface area contributed by atoms with Gasteiger partial charge in [-0.3, -0.25) is 9.69 Å². The number of methoxy groups -OCH3 is 1. The zero-order valence-electron chi connectivity index (χ0n) is 17.5. The molecule has 1 aliphatic heterocycles. The number of carbonyl (C=O) groups excluding carboxylic acids is 1. The number of carbonyl (C=O) groups is 1. The summed E-state index contributed by atoms with van der Waals surface area (Å²) in [5, 5.41) is 25.5. The standard InChI is InChI=1S/C21H27N5O4/c1-21(2,28)17-9-4-13(12-25(17)29)16-10-22-19-20(24-16)26(18(27)11-23-19)14-5-7-15(30-3)8-6-14/h4,9-10,12,14-15,28H,5-8,11H2,1-3H3,(H,22,23)/t14-,15-. The molecule has 0 spiro atoms. The highest BCUT2D eigenvalue weighted by Crippen LogP contribution is 2.34. The van der Waals surface area contributed by atoms with E-state index in [1.165, 1.54) is 6.20 Å². The van der Waals surface area contributed by atoms with E-state index < -0.39 is 5.60 Å². The van der Waals surface area contributed by atoms with Crippen molar-refractivity contribution in [2.45, 2.75) is 57.3 Å². The van der Waals surface area contributed by atoms with Gasteiger partial charge in [0.15, 0.2) is 17.8 Å². The first-order chi connectivity index (χ1) is 14.3. The second-order valence-corrected chi connectivity index (χ2v) is 8.40. The van der Waals surface area contributed by atoms with Gasteiger partial charge in [0.1, 0.15) is 5.60 Å². The minimum atomic E-state index is -1.25. The molecule has 4 rings (SSSR count). The molecule has 2 aromatic heterocycles. The van der Waals surface area contributed by atoms with E-state index in [4.69, 9.17) is 9.72 Å². The van der Waals surface area contributed by atoms with Gasteiger partial charge in [-0.15, -0.1) is 0 Å². The summed E-state index contributed by atoms with van der Waals surface area (Å²) in [6, 6.07) is 3.36. The molecule has 0 saturated heterocycles. The normalized spacial score (nSPS) is 21.9. The summed E-state index contributed by atoms with van der Waals surface area (Å²) in [5.41, 5.74) is 0.0448. The minimum absolute atomic E-state index is 0.0360. The van der Waals surface area contributed by atoms with E-state index in [0.29, 0.717) is 27.6 Å². The van der Waals surface area contributed by atoms with Gasteiger partial charge in [0.05, 0.1) is 30.1 Å². The Morgan fingerprint density at radius 2 is 2.03 bits per heavy atom. The molecule has 0 atom stereocenters. The second-order valence-electron chi connectivity index (χ2n) is 8.40. The van der Waals surface area contributed by atoms with Gasteiger partial charge < -0.3 is 20.4 Å². The van der Waals surface area contributed by atoms with Crippen LogP contribution >= 0.6 is 0 Å². The molecule has 1 amide bonds. The fourth-order valence-corrected chi connectivity index (χ4v) is 4.20. The predicted molar refractivity (Wildman–Crippen MR) is 111 cm³/mol. The molecule has 1 fully saturated rings. The Balaban J connectivity index is 1.67. The van der Waals surface area contributed by atoms with Crippen molar-refractivity contribution in [3.8, 4) is 11.3 Å². The first-order valence-electron chi connectivity index (χ1n) is 10.2. The van der Waals surface area contributed by atoms with Gasteiger partial charge in [-0.25, -0.2) is 9.97 Å². The Hall–Kier alpha value is -2.78. The number of nitrogens with zero attached hydrogens (tertiary/aromatic N) is 4. The Morgan fingerprint density at radius 3 is 2.67 bits per heavy atom. The quantitative estimate of drug-likeness (QED) is 0.579. The number of hydrogen-bond acceptors (Lipinski definition) is 7. The van der Waals surface area contributed by atoms with Crippen LogP contribution in [0.4, 0.5) is 11.6 Å². The lowest BCUT2D eigenvalue weighted by Gasteiger charge is -2.38. The number of aliphatic hydroxyl groups is 1. The summed E-state index contributed by atoms with van der Waals surface area (Å²) < 4.78 is 6.09. The van der Waals surface area contributed by atoms with Gasteiger partial charge in [-0.1, -0.05) is 0 Å². The van der Waals surface area contributed by atoms with E-state index >= 15 is 0 Å². The molecule has 2 aromatic rings. The third-order valence-electron chi connectivity index (χ3n) is 5.84. The van der Waals surface area contributed by atoms with Crippen LogP contribution in [0.2, 0.25) is 0 Å². The van der Waals surface area contributed by atoms with Crippen molar-refractivity contribution in [2.24, 2.45) is 0 Å². The lowest BCUT2D eigenvalue weighted by molar-refractivity contribution is -0.621. The van der Waals surface area contributed by atoms with Gasteiger partial charge in [0, 0.05) is 19.2 Å². The highest BCUT2D eigenvalue weighted by atomic mass is 16.5. The summed E-state index contributed by atoms with van der Waals surface area (Å²) in [6.45, 7) is 3.30. The monoisotopic (exact) mass is 413 g/mol. The van der Waals surface area contributed by atoms with Crippen molar-refractivity contribution in [3.05, 3.63) is 35.4 Å². The van der Waals surface area contributed by atoms with E-state index in [1.807, 2.05) is 0 Å². The summed E-state index contributed by atoms with van der Waals surface area (Å²) >= 11 is 0. The highest BCUT2D eigenvalue weighted by molar-refractivity contribution is 6.01. The molecule has 2 N–H and O–H groups in total. The summed E-state index contributed by atoms with van der Waals surface area (Å²) in [5.74, 6) is 1.02. The number of nitrogens with one attached hydrogen (secondary N) is 1. The second kappa shape index (κ2) is 7.81. The zero-order chi connectivity index (χ0) is 21.5. The van der Waals surface area contributed by atoms with Crippen LogP contribution in [0.3, 0.4) is 0 Å². The van der Waals surface area contributed by atoms with Gasteiger partial charge in [-0.2, -0.15) is 4.73 Å². The maximum atomic E-state index is 12.7. The zero-order valence-corrected chi connectivity index (χ0v) is 17.5. The van der Waals surface area contributed by atoms with E-state index in [1.54, 1.807) is 44.2 Å². The maximum Gasteiger partial charge on any atom is 0.247 e. The van der Waals surface area contributed by atoms with Crippen LogP contribution in [0.5, 0.6) is 0 Å². The molecule has 1 saturated carbocycles. The molecule has 0 bridgehead atoms. The average molecular weight is 413 g/mol. The first kappa shape index (κ1) is 20.5. The average Bonchev–Trinajstić information content (AvgIpc) is 2.72. The number of rotatable bonds is 4. The maximum absolute atomic E-state index is 12.7. The van der Waals surface area contributed by atoms with Crippen LogP contribution in [-0.4, -0.2) is 46.8 Å². The molecular weight excluding hydrogens is 386 g/mol. The molecule has 2 aliphatic rings. The van der Waals surface area contributed by atoms with Gasteiger partial charge in [-0.05, 0) is 45.6 Å². The number of aromatic nitrogens is 3. The van der Waals surface area contributed by atoms with E-state index in [-0.39, 0.29) is 30.3 Å². The van der Waals surface area contributed by atoms with Crippen molar-refractivity contribution in [3.63, 3.8) is 0 Å². The smallest absolute Gasteiger partial charge is 0.247 e. The van der Waals surface area contributed by atoms with Gasteiger partial charge >= 0.3 is 0 Å². The Morgan fingerprint density at radius 1 is 1.30 bits per heavy atom. The molecule has 9 nitrogen and oxygen atoms in total. The third kappa shape index (κ3) is 3.82. The van der Waals surface area contributed by atoms with E-state index in [9.17, 15) is 15.1 Å². The molecule has 3 heterocycles. The number of amides is 1. The molecule has 9 heteroatoms. The summed E-state index contributed by atoms with van der Waals surface area (Å²) in [6.07, 6.45) is 6.67. The molecule has 0 unspecified atom stereocenters. The van der Waals surface area contributed by atoms with Crippen LogP contribution in [0.15, 0.2) is 24.5 Å². The van der Waals surface area contributed by atoms with Crippen LogP contribution in [0, 0.1) is 5.21 Å². The van der Waals surface area contributed by atoms with Crippen molar-refractivity contribution >= 4 is 17.5 Å². The number of fused-ring (bicyclic) bond motifs is 1. The largest absolute Gasteiger partial charge is 0.618 e. The van der Waals surface area contributed by atoms with Crippen LogP contribution < -0.4 is 14.9 Å². The number of ether oxygens (including phenoxy) is 1. The van der Waals surface area contributed by atoms with Crippen molar-refractivity contribution in [1.82, 2.24) is 9.97 Å². The molecule has 30 heavy (non-hydrogen) atoms. The topological polar surface area (TPSA) is 115 Å². The Bertz CT molecular complexity index is 951. The fourth-order valence-electron chi connectivity index (χ4n) is 4.20. The van der Waals surface area contributed by atoms with Gasteiger partial charge in [0.2, 0.25) is 11.6 Å². The third-order valence-corrected chi connectivity index (χ3v) is 5.84. The minimum Gasteiger partial charge on any atom is -0.618 e. The number of hydrogen-bond donors (Lipinski definition) is 2. The van der Waals surface area contributed by atoms with E-state index in [0.717, 1.165) is 25.7 Å². The van der Waals surface area contributed by atoms with Crippen molar-refractivity contribution < 1.29 is 19.4 Å². The molecular formula is C21H27N5O4. The number of pyridine rings is 1. The van der Waals surface area contributed by atoms with Crippen LogP contribution in [0.1, 0.15) is 45.2 Å². The SMILES string of the molecule is CO[C@H]1CC[C@H](N2C(=O)CNc3ncc(-c4ccc(C(C)(C)O)[n+]([O-])c4)nc32)CC1. The van der Waals surface area contributed by atoms with Crippen molar-refractivity contribution in [1.29, 1.82) is 0 Å². The molecule has 160 valence electrons.